The zero-order chi connectivity index (χ0) is 20.7. The molecule has 0 atom stereocenters. The zero-order valence-electron chi connectivity index (χ0n) is 16.8. The van der Waals surface area contributed by atoms with Gasteiger partial charge in [0.1, 0.15) is 11.2 Å². The van der Waals surface area contributed by atoms with E-state index < -0.39 is 0 Å². The molecule has 0 aliphatic rings. The van der Waals surface area contributed by atoms with Crippen LogP contribution in [0.4, 0.5) is 0 Å². The van der Waals surface area contributed by atoms with E-state index in [0.717, 1.165) is 38.4 Å². The number of para-hydroxylation sites is 1. The Morgan fingerprint density at radius 3 is 2.43 bits per heavy atom. The van der Waals surface area contributed by atoms with E-state index in [1.807, 2.05) is 12.1 Å². The van der Waals surface area contributed by atoms with Gasteiger partial charge in [0.2, 0.25) is 0 Å². The second-order valence-corrected chi connectivity index (χ2v) is 8.63. The van der Waals surface area contributed by atoms with Gasteiger partial charge in [-0.15, -0.1) is 0 Å². The number of halogens is 1. The van der Waals surface area contributed by atoms with Crippen LogP contribution < -0.4 is 0 Å². The summed E-state index contributed by atoms with van der Waals surface area (Å²) in [5.41, 5.74) is 9.09. The molecule has 1 nitrogen and oxygen atoms in total. The number of fused-ring (bicyclic) bond motifs is 3. The molecule has 0 saturated heterocycles. The van der Waals surface area contributed by atoms with E-state index in [1.54, 1.807) is 0 Å². The first kappa shape index (κ1) is 18.9. The lowest BCUT2D eigenvalue weighted by molar-refractivity contribution is 0.669. The third-order valence-electron chi connectivity index (χ3n) is 5.66. The van der Waals surface area contributed by atoms with E-state index in [2.05, 4.69) is 102 Å². The highest BCUT2D eigenvalue weighted by Crippen LogP contribution is 2.35. The van der Waals surface area contributed by atoms with Crippen molar-refractivity contribution in [2.45, 2.75) is 13.3 Å². The molecule has 146 valence electrons. The van der Waals surface area contributed by atoms with Gasteiger partial charge in [-0.2, -0.15) is 0 Å². The second kappa shape index (κ2) is 7.62. The molecule has 0 unspecified atom stereocenters. The Labute approximate surface area is 184 Å². The molecule has 0 radical (unpaired) electrons. The molecule has 30 heavy (non-hydrogen) atoms. The van der Waals surface area contributed by atoms with Crippen LogP contribution in [-0.4, -0.2) is 0 Å². The number of furan rings is 1. The monoisotopic (exact) mass is 452 g/mol. The Bertz CT molecular complexity index is 1410. The quantitative estimate of drug-likeness (QED) is 0.266. The Morgan fingerprint density at radius 1 is 0.800 bits per heavy atom. The first-order chi connectivity index (χ1) is 14.6. The third kappa shape index (κ3) is 3.38. The number of aryl methyl sites for hydroxylation is 1. The van der Waals surface area contributed by atoms with Gasteiger partial charge in [-0.3, -0.25) is 0 Å². The molecule has 5 aromatic rings. The fraction of sp³-hybridized carbons (Fsp3) is 0.0714. The van der Waals surface area contributed by atoms with E-state index in [0.29, 0.717) is 0 Å². The van der Waals surface area contributed by atoms with Crippen molar-refractivity contribution in [1.29, 1.82) is 0 Å². The maximum atomic E-state index is 5.97. The Hall–Kier alpha value is -3.10. The van der Waals surface area contributed by atoms with E-state index in [1.165, 1.54) is 27.8 Å². The SMILES string of the molecule is C=C(Cc1ccc2oc3ccccc3c2c1)c1ccc(Br)cc1-c1ccccc1C. The highest BCUT2D eigenvalue weighted by molar-refractivity contribution is 9.10. The molecule has 1 aromatic heterocycles. The number of hydrogen-bond donors (Lipinski definition) is 0. The second-order valence-electron chi connectivity index (χ2n) is 7.71. The van der Waals surface area contributed by atoms with Gasteiger partial charge in [-0.05, 0) is 77.1 Å². The zero-order valence-corrected chi connectivity index (χ0v) is 18.4. The highest BCUT2D eigenvalue weighted by atomic mass is 79.9. The minimum absolute atomic E-state index is 0.788. The van der Waals surface area contributed by atoms with E-state index in [-0.39, 0.29) is 0 Å². The number of hydrogen-bond acceptors (Lipinski definition) is 1. The summed E-state index contributed by atoms with van der Waals surface area (Å²) in [6.07, 6.45) is 0.788. The number of rotatable bonds is 4. The average Bonchev–Trinajstić information content (AvgIpc) is 3.12. The van der Waals surface area contributed by atoms with Crippen LogP contribution in [0.2, 0.25) is 0 Å². The molecular formula is C28H21BrO. The van der Waals surface area contributed by atoms with Crippen molar-refractivity contribution in [1.82, 2.24) is 0 Å². The predicted octanol–water partition coefficient (Wildman–Crippen LogP) is 8.58. The first-order valence-corrected chi connectivity index (χ1v) is 10.8. The lowest BCUT2D eigenvalue weighted by Crippen LogP contribution is -1.94. The molecule has 0 fully saturated rings. The fourth-order valence-corrected chi connectivity index (χ4v) is 4.51. The number of allylic oxidation sites excluding steroid dienone is 1. The Morgan fingerprint density at radius 2 is 1.57 bits per heavy atom. The molecule has 0 spiro atoms. The smallest absolute Gasteiger partial charge is 0.135 e. The van der Waals surface area contributed by atoms with Gasteiger partial charge in [0.25, 0.3) is 0 Å². The van der Waals surface area contributed by atoms with Crippen molar-refractivity contribution in [2.24, 2.45) is 0 Å². The van der Waals surface area contributed by atoms with E-state index in [9.17, 15) is 0 Å². The van der Waals surface area contributed by atoms with Crippen LogP contribution in [0.15, 0.2) is 100 Å². The van der Waals surface area contributed by atoms with Crippen molar-refractivity contribution in [3.05, 3.63) is 113 Å². The molecule has 0 amide bonds. The maximum absolute atomic E-state index is 5.97. The van der Waals surface area contributed by atoms with Crippen LogP contribution in [0, 0.1) is 6.92 Å². The van der Waals surface area contributed by atoms with Gasteiger partial charge in [0.05, 0.1) is 0 Å². The standard InChI is InChI=1S/C28H21BrO/c1-18-7-3-4-8-22(18)25-17-21(29)12-13-23(25)19(2)15-20-11-14-28-26(16-20)24-9-5-6-10-27(24)30-28/h3-14,16-17H,2,15H2,1H3. The van der Waals surface area contributed by atoms with E-state index in [4.69, 9.17) is 4.42 Å². The van der Waals surface area contributed by atoms with Crippen LogP contribution in [0.3, 0.4) is 0 Å². The van der Waals surface area contributed by atoms with Crippen molar-refractivity contribution >= 4 is 43.4 Å². The minimum atomic E-state index is 0.788. The van der Waals surface area contributed by atoms with Crippen LogP contribution >= 0.6 is 15.9 Å². The van der Waals surface area contributed by atoms with Gasteiger partial charge in [-0.25, -0.2) is 0 Å². The maximum Gasteiger partial charge on any atom is 0.135 e. The van der Waals surface area contributed by atoms with Crippen LogP contribution in [0.25, 0.3) is 38.6 Å². The van der Waals surface area contributed by atoms with Crippen molar-refractivity contribution in [3.8, 4) is 11.1 Å². The number of benzene rings is 4. The topological polar surface area (TPSA) is 13.1 Å². The lowest BCUT2D eigenvalue weighted by atomic mass is 9.90. The summed E-state index contributed by atoms with van der Waals surface area (Å²) in [6, 6.07) is 29.6. The normalized spacial score (nSPS) is 11.3. The summed E-state index contributed by atoms with van der Waals surface area (Å²) < 4.78 is 7.05. The molecule has 0 aliphatic heterocycles. The predicted molar refractivity (Wildman–Crippen MR) is 131 cm³/mol. The van der Waals surface area contributed by atoms with Crippen LogP contribution in [0.5, 0.6) is 0 Å². The largest absolute Gasteiger partial charge is 0.456 e. The summed E-state index contributed by atoms with van der Waals surface area (Å²) in [7, 11) is 0. The highest BCUT2D eigenvalue weighted by Gasteiger charge is 2.13. The Kier molecular flexibility index (Phi) is 4.80. The molecule has 0 N–H and O–H groups in total. The summed E-state index contributed by atoms with van der Waals surface area (Å²) in [5.74, 6) is 0. The summed E-state index contributed by atoms with van der Waals surface area (Å²) in [5, 5.41) is 2.31. The molecule has 0 aliphatic carbocycles. The molecule has 0 saturated carbocycles. The van der Waals surface area contributed by atoms with E-state index >= 15 is 0 Å². The molecule has 0 bridgehead atoms. The van der Waals surface area contributed by atoms with Gasteiger partial charge in [0, 0.05) is 15.2 Å². The van der Waals surface area contributed by atoms with Gasteiger partial charge >= 0.3 is 0 Å². The van der Waals surface area contributed by atoms with Crippen molar-refractivity contribution < 1.29 is 4.42 Å². The molecular weight excluding hydrogens is 432 g/mol. The summed E-state index contributed by atoms with van der Waals surface area (Å²) in [6.45, 7) is 6.61. The fourth-order valence-electron chi connectivity index (χ4n) is 4.15. The molecule has 5 rings (SSSR count). The molecule has 4 aromatic carbocycles. The minimum Gasteiger partial charge on any atom is -0.456 e. The Balaban J connectivity index is 1.55. The third-order valence-corrected chi connectivity index (χ3v) is 6.15. The average molecular weight is 453 g/mol. The van der Waals surface area contributed by atoms with Crippen molar-refractivity contribution in [3.63, 3.8) is 0 Å². The van der Waals surface area contributed by atoms with Gasteiger partial charge in [-0.1, -0.05) is 77.1 Å². The van der Waals surface area contributed by atoms with Crippen molar-refractivity contribution in [2.75, 3.05) is 0 Å². The summed E-state index contributed by atoms with van der Waals surface area (Å²) in [4.78, 5) is 0. The molecule has 2 heteroatoms. The van der Waals surface area contributed by atoms with Gasteiger partial charge in [0.15, 0.2) is 0 Å². The van der Waals surface area contributed by atoms with Crippen LogP contribution in [-0.2, 0) is 6.42 Å². The first-order valence-electron chi connectivity index (χ1n) is 10.0. The van der Waals surface area contributed by atoms with Gasteiger partial charge < -0.3 is 4.42 Å². The van der Waals surface area contributed by atoms with Crippen LogP contribution in [0.1, 0.15) is 16.7 Å². The summed E-state index contributed by atoms with van der Waals surface area (Å²) >= 11 is 3.64. The molecule has 1 heterocycles. The lowest BCUT2D eigenvalue weighted by Gasteiger charge is -2.15.